The highest BCUT2D eigenvalue weighted by Crippen LogP contribution is 2.30. The second kappa shape index (κ2) is 13.7. The molecule has 5 aromatic rings. The molecule has 2 aromatic heterocycles. The monoisotopic (exact) mass is 604 g/mol. The third kappa shape index (κ3) is 7.93. The Balaban J connectivity index is 1.35. The van der Waals surface area contributed by atoms with Gasteiger partial charge in [-0.15, -0.1) is 0 Å². The fourth-order valence-electron chi connectivity index (χ4n) is 4.97. The molecule has 0 radical (unpaired) electrons. The van der Waals surface area contributed by atoms with Crippen LogP contribution in [0, 0.1) is 6.92 Å². The Kier molecular flexibility index (Phi) is 9.59. The van der Waals surface area contributed by atoms with Gasteiger partial charge in [-0.1, -0.05) is 75.7 Å². The van der Waals surface area contributed by atoms with Crippen LogP contribution in [-0.4, -0.2) is 39.9 Å². The number of rotatable bonds is 10. The van der Waals surface area contributed by atoms with Crippen molar-refractivity contribution in [2.24, 2.45) is 0 Å². The van der Waals surface area contributed by atoms with E-state index in [9.17, 15) is 9.59 Å². The highest BCUT2D eigenvalue weighted by molar-refractivity contribution is 6.06. The van der Waals surface area contributed by atoms with E-state index in [1.54, 1.807) is 10.9 Å². The number of hydrogen-bond acceptors (Lipinski definition) is 5. The van der Waals surface area contributed by atoms with Gasteiger partial charge in [0.15, 0.2) is 0 Å². The third-order valence-electron chi connectivity index (χ3n) is 7.33. The summed E-state index contributed by atoms with van der Waals surface area (Å²) in [5.74, 6) is 0.833. The van der Waals surface area contributed by atoms with Crippen LogP contribution in [0.1, 0.15) is 56.5 Å². The van der Waals surface area contributed by atoms with Gasteiger partial charge in [-0.05, 0) is 66.6 Å². The topological polar surface area (TPSA) is 110 Å². The van der Waals surface area contributed by atoms with Crippen LogP contribution in [0.2, 0.25) is 0 Å². The molecule has 3 N–H and O–H groups in total. The summed E-state index contributed by atoms with van der Waals surface area (Å²) in [6.07, 6.45) is 3.16. The number of aryl methyl sites for hydroxylation is 1. The lowest BCUT2D eigenvalue weighted by molar-refractivity contribution is -0.120. The molecule has 0 saturated heterocycles. The molecule has 0 bridgehead atoms. The SMILES string of the molecule is CCCOCC(=O)Nc1cc(Cc2ccc(NC(=O)Nc3cc(C(C)(C)C)nn3-c3ccc(C)cc3)c3ccccc23)ccn1. The van der Waals surface area contributed by atoms with Crippen molar-refractivity contribution in [2.75, 3.05) is 29.2 Å². The maximum atomic E-state index is 13.4. The molecule has 3 aromatic carbocycles. The smallest absolute Gasteiger partial charge is 0.324 e. The predicted octanol–water partition coefficient (Wildman–Crippen LogP) is 7.63. The second-order valence-electron chi connectivity index (χ2n) is 12.1. The zero-order valence-corrected chi connectivity index (χ0v) is 26.5. The molecule has 0 aliphatic carbocycles. The number of nitrogens with one attached hydrogen (secondary N) is 3. The Morgan fingerprint density at radius 1 is 0.889 bits per heavy atom. The molecule has 0 aliphatic heterocycles. The number of carbonyl (C=O) groups excluding carboxylic acids is 2. The maximum absolute atomic E-state index is 13.4. The highest BCUT2D eigenvalue weighted by atomic mass is 16.5. The summed E-state index contributed by atoms with van der Waals surface area (Å²) in [5.41, 5.74) is 5.46. The summed E-state index contributed by atoms with van der Waals surface area (Å²) in [6, 6.07) is 25.3. The summed E-state index contributed by atoms with van der Waals surface area (Å²) < 4.78 is 7.10. The van der Waals surface area contributed by atoms with Gasteiger partial charge in [-0.25, -0.2) is 14.5 Å². The van der Waals surface area contributed by atoms with Crippen molar-refractivity contribution in [3.05, 3.63) is 107 Å². The lowest BCUT2D eigenvalue weighted by atomic mass is 9.92. The van der Waals surface area contributed by atoms with Crippen LogP contribution >= 0.6 is 0 Å². The van der Waals surface area contributed by atoms with E-state index >= 15 is 0 Å². The number of carbonyl (C=O) groups is 2. The molecule has 0 saturated carbocycles. The molecule has 232 valence electrons. The van der Waals surface area contributed by atoms with Crippen LogP contribution in [-0.2, 0) is 21.4 Å². The van der Waals surface area contributed by atoms with Crippen LogP contribution in [0.5, 0.6) is 0 Å². The number of pyridine rings is 1. The number of nitrogens with zero attached hydrogens (tertiary/aromatic N) is 3. The van der Waals surface area contributed by atoms with Crippen molar-refractivity contribution in [3.63, 3.8) is 0 Å². The molecule has 5 rings (SSSR count). The van der Waals surface area contributed by atoms with Gasteiger partial charge in [0.05, 0.1) is 17.1 Å². The van der Waals surface area contributed by atoms with E-state index in [0.29, 0.717) is 30.4 Å². The van der Waals surface area contributed by atoms with Gasteiger partial charge in [-0.3, -0.25) is 10.1 Å². The van der Waals surface area contributed by atoms with Gasteiger partial charge in [0.1, 0.15) is 18.2 Å². The van der Waals surface area contributed by atoms with Gasteiger partial charge < -0.3 is 15.4 Å². The van der Waals surface area contributed by atoms with E-state index in [4.69, 9.17) is 9.84 Å². The van der Waals surface area contributed by atoms with Crippen molar-refractivity contribution >= 4 is 40.0 Å². The number of fused-ring (bicyclic) bond motifs is 1. The lowest BCUT2D eigenvalue weighted by Crippen LogP contribution is -2.21. The van der Waals surface area contributed by atoms with E-state index in [2.05, 4.69) is 41.7 Å². The highest BCUT2D eigenvalue weighted by Gasteiger charge is 2.22. The maximum Gasteiger partial charge on any atom is 0.324 e. The predicted molar refractivity (Wildman–Crippen MR) is 180 cm³/mol. The van der Waals surface area contributed by atoms with E-state index in [-0.39, 0.29) is 24.0 Å². The number of ether oxygens (including phenoxy) is 1. The van der Waals surface area contributed by atoms with Gasteiger partial charge in [0, 0.05) is 29.7 Å². The molecule has 3 amide bonds. The first-order chi connectivity index (χ1) is 21.6. The largest absolute Gasteiger partial charge is 0.372 e. The first kappa shape index (κ1) is 31.4. The van der Waals surface area contributed by atoms with Crippen molar-refractivity contribution in [1.29, 1.82) is 0 Å². The normalized spacial score (nSPS) is 11.4. The molecular weight excluding hydrogens is 564 g/mol. The fraction of sp³-hybridized carbons (Fsp3) is 0.278. The molecule has 0 spiro atoms. The van der Waals surface area contributed by atoms with Gasteiger partial charge in [-0.2, -0.15) is 5.10 Å². The first-order valence-electron chi connectivity index (χ1n) is 15.2. The standard InChI is InChI=1S/C36H40N6O3/c1-6-19-45-23-34(43)39-32-21-25(17-18-37-32)20-26-13-16-30(29-10-8-7-9-28(26)29)38-35(44)40-33-22-31(36(3,4)5)41-42(33)27-14-11-24(2)12-15-27/h7-18,21-22H,6,19-20,23H2,1-5H3,(H,37,39,43)(H2,38,40,44). The minimum absolute atomic E-state index is 0.00152. The molecule has 0 aliphatic rings. The average molecular weight is 605 g/mol. The minimum Gasteiger partial charge on any atom is -0.372 e. The van der Waals surface area contributed by atoms with Gasteiger partial charge in [0.25, 0.3) is 5.91 Å². The summed E-state index contributed by atoms with van der Waals surface area (Å²) in [5, 5.41) is 15.6. The molecule has 9 heteroatoms. The fourth-order valence-corrected chi connectivity index (χ4v) is 4.97. The summed E-state index contributed by atoms with van der Waals surface area (Å²) in [6.45, 7) is 10.9. The molecule has 0 fully saturated rings. The van der Waals surface area contributed by atoms with Crippen molar-refractivity contribution in [2.45, 2.75) is 52.9 Å². The second-order valence-corrected chi connectivity index (χ2v) is 12.1. The molecule has 9 nitrogen and oxygen atoms in total. The quantitative estimate of drug-likeness (QED) is 0.142. The number of amides is 3. The van der Waals surface area contributed by atoms with Gasteiger partial charge in [0.2, 0.25) is 0 Å². The first-order valence-corrected chi connectivity index (χ1v) is 15.2. The molecule has 0 unspecified atom stereocenters. The molecule has 45 heavy (non-hydrogen) atoms. The van der Waals surface area contributed by atoms with E-state index < -0.39 is 0 Å². The van der Waals surface area contributed by atoms with Gasteiger partial charge >= 0.3 is 6.03 Å². The van der Waals surface area contributed by atoms with Crippen molar-refractivity contribution in [1.82, 2.24) is 14.8 Å². The average Bonchev–Trinajstić information content (AvgIpc) is 3.43. The van der Waals surface area contributed by atoms with Crippen LogP contribution in [0.25, 0.3) is 16.5 Å². The zero-order chi connectivity index (χ0) is 32.0. The summed E-state index contributed by atoms with van der Waals surface area (Å²) in [7, 11) is 0. The summed E-state index contributed by atoms with van der Waals surface area (Å²) in [4.78, 5) is 29.9. The zero-order valence-electron chi connectivity index (χ0n) is 26.5. The number of benzene rings is 3. The Bertz CT molecular complexity index is 1800. The molecular formula is C36H40N6O3. The lowest BCUT2D eigenvalue weighted by Gasteiger charge is -2.14. The van der Waals surface area contributed by atoms with Crippen LogP contribution in [0.4, 0.5) is 22.1 Å². The minimum atomic E-state index is -0.362. The van der Waals surface area contributed by atoms with E-state index in [1.807, 2.05) is 92.7 Å². The Morgan fingerprint density at radius 2 is 1.64 bits per heavy atom. The van der Waals surface area contributed by atoms with E-state index in [1.165, 1.54) is 0 Å². The Morgan fingerprint density at radius 3 is 2.38 bits per heavy atom. The van der Waals surface area contributed by atoms with Crippen LogP contribution < -0.4 is 16.0 Å². The van der Waals surface area contributed by atoms with Crippen LogP contribution in [0.3, 0.4) is 0 Å². The third-order valence-corrected chi connectivity index (χ3v) is 7.33. The van der Waals surface area contributed by atoms with Crippen LogP contribution in [0.15, 0.2) is 85.1 Å². The molecule has 2 heterocycles. The van der Waals surface area contributed by atoms with E-state index in [0.717, 1.165) is 45.3 Å². The number of hydrogen-bond donors (Lipinski definition) is 3. The number of aromatic nitrogens is 3. The van der Waals surface area contributed by atoms with Crippen molar-refractivity contribution < 1.29 is 14.3 Å². The Hall–Kier alpha value is -5.02. The number of anilines is 3. The van der Waals surface area contributed by atoms with Crippen molar-refractivity contribution in [3.8, 4) is 5.69 Å². The Labute approximate surface area is 264 Å². The summed E-state index contributed by atoms with van der Waals surface area (Å²) >= 11 is 0. The molecule has 0 atom stereocenters. The number of urea groups is 1.